The van der Waals surface area contributed by atoms with Gasteiger partial charge < -0.3 is 10.1 Å². The van der Waals surface area contributed by atoms with Crippen molar-refractivity contribution in [2.75, 3.05) is 13.7 Å². The lowest BCUT2D eigenvalue weighted by atomic mass is 10.1. The summed E-state index contributed by atoms with van der Waals surface area (Å²) in [5, 5.41) is 3.13. The largest absolute Gasteiger partial charge is 0.496 e. The second-order valence-electron chi connectivity index (χ2n) is 3.72. The molecule has 86 valence electrons. The first-order valence-corrected chi connectivity index (χ1v) is 5.43. The van der Waals surface area contributed by atoms with Crippen molar-refractivity contribution in [3.05, 3.63) is 41.7 Å². The summed E-state index contributed by atoms with van der Waals surface area (Å²) in [5.41, 5.74) is 0.775. The van der Waals surface area contributed by atoms with E-state index >= 15 is 0 Å². The number of allylic oxidation sites excluding steroid dienone is 1. The van der Waals surface area contributed by atoms with Crippen molar-refractivity contribution in [1.82, 2.24) is 10.3 Å². The summed E-state index contributed by atoms with van der Waals surface area (Å²) in [6.45, 7) is 0.741. The molecule has 0 aromatic carbocycles. The zero-order valence-electron chi connectivity index (χ0n) is 9.24. The average molecular weight is 222 g/mol. The van der Waals surface area contributed by atoms with Crippen LogP contribution < -0.4 is 5.32 Å². The van der Waals surface area contributed by atoms with Gasteiger partial charge in [0.2, 0.25) is 0 Å². The van der Waals surface area contributed by atoms with Crippen LogP contribution in [-0.4, -0.2) is 18.6 Å². The number of nitrogens with one attached hydrogen (secondary N) is 1. The fourth-order valence-electron chi connectivity index (χ4n) is 1.77. The summed E-state index contributed by atoms with van der Waals surface area (Å²) in [4.78, 5) is 4.07. The van der Waals surface area contributed by atoms with E-state index in [9.17, 15) is 4.39 Å². The Bertz CT molecular complexity index is 375. The normalized spacial score (nSPS) is 17.5. The van der Waals surface area contributed by atoms with Crippen LogP contribution >= 0.6 is 0 Å². The SMILES string of the molecule is CNC(C1=CCCCO1)c1ccc(F)cn1. The molecule has 1 aromatic rings. The second-order valence-corrected chi connectivity index (χ2v) is 3.72. The van der Waals surface area contributed by atoms with E-state index in [1.807, 2.05) is 7.05 Å². The highest BCUT2D eigenvalue weighted by molar-refractivity contribution is 5.19. The zero-order chi connectivity index (χ0) is 11.4. The van der Waals surface area contributed by atoms with Crippen LogP contribution in [0.15, 0.2) is 30.2 Å². The van der Waals surface area contributed by atoms with Crippen molar-refractivity contribution < 1.29 is 9.13 Å². The van der Waals surface area contributed by atoms with Gasteiger partial charge in [0.05, 0.1) is 18.5 Å². The van der Waals surface area contributed by atoms with Crippen LogP contribution in [0.5, 0.6) is 0 Å². The van der Waals surface area contributed by atoms with Gasteiger partial charge in [0.15, 0.2) is 0 Å². The minimum Gasteiger partial charge on any atom is -0.496 e. The zero-order valence-corrected chi connectivity index (χ0v) is 9.24. The number of halogens is 1. The van der Waals surface area contributed by atoms with E-state index in [2.05, 4.69) is 16.4 Å². The predicted molar refractivity (Wildman–Crippen MR) is 59.3 cm³/mol. The minimum atomic E-state index is -0.322. The van der Waals surface area contributed by atoms with Crippen LogP contribution in [0.3, 0.4) is 0 Å². The topological polar surface area (TPSA) is 34.1 Å². The van der Waals surface area contributed by atoms with E-state index in [-0.39, 0.29) is 11.9 Å². The minimum absolute atomic E-state index is 0.0825. The van der Waals surface area contributed by atoms with Crippen LogP contribution in [0.2, 0.25) is 0 Å². The van der Waals surface area contributed by atoms with Crippen LogP contribution in [0.25, 0.3) is 0 Å². The number of pyridine rings is 1. The molecule has 0 spiro atoms. The molecule has 0 fully saturated rings. The highest BCUT2D eigenvalue weighted by Gasteiger charge is 2.19. The molecule has 1 aliphatic heterocycles. The second kappa shape index (κ2) is 5.07. The van der Waals surface area contributed by atoms with E-state index in [4.69, 9.17) is 4.74 Å². The van der Waals surface area contributed by atoms with E-state index in [0.717, 1.165) is 30.9 Å². The van der Waals surface area contributed by atoms with Gasteiger partial charge in [-0.05, 0) is 38.1 Å². The van der Waals surface area contributed by atoms with Gasteiger partial charge in [-0.15, -0.1) is 0 Å². The Kier molecular flexibility index (Phi) is 3.51. The van der Waals surface area contributed by atoms with Crippen molar-refractivity contribution in [3.8, 4) is 0 Å². The number of hydrogen-bond donors (Lipinski definition) is 1. The van der Waals surface area contributed by atoms with Gasteiger partial charge in [-0.2, -0.15) is 0 Å². The van der Waals surface area contributed by atoms with Gasteiger partial charge in [0, 0.05) is 0 Å². The molecule has 1 aromatic heterocycles. The molecule has 16 heavy (non-hydrogen) atoms. The summed E-state index contributed by atoms with van der Waals surface area (Å²) in [6, 6.07) is 3.01. The number of hydrogen-bond acceptors (Lipinski definition) is 3. The molecule has 0 saturated heterocycles. The smallest absolute Gasteiger partial charge is 0.141 e. The average Bonchev–Trinajstić information content (AvgIpc) is 2.34. The van der Waals surface area contributed by atoms with Crippen LogP contribution in [0.4, 0.5) is 4.39 Å². The molecular weight excluding hydrogens is 207 g/mol. The third kappa shape index (κ3) is 2.39. The van der Waals surface area contributed by atoms with Gasteiger partial charge in [0.1, 0.15) is 17.6 Å². The number of likely N-dealkylation sites (N-methyl/N-ethyl adjacent to an activating group) is 1. The molecule has 2 heterocycles. The highest BCUT2D eigenvalue weighted by atomic mass is 19.1. The van der Waals surface area contributed by atoms with Gasteiger partial charge >= 0.3 is 0 Å². The lowest BCUT2D eigenvalue weighted by Gasteiger charge is -2.22. The Labute approximate surface area is 94.3 Å². The number of rotatable bonds is 3. The summed E-state index contributed by atoms with van der Waals surface area (Å²) in [6.07, 6.45) is 5.37. The molecule has 2 rings (SSSR count). The van der Waals surface area contributed by atoms with Crippen LogP contribution in [0, 0.1) is 5.82 Å². The maximum absolute atomic E-state index is 12.8. The fraction of sp³-hybridized carbons (Fsp3) is 0.417. The van der Waals surface area contributed by atoms with Crippen molar-refractivity contribution in [2.45, 2.75) is 18.9 Å². The molecule has 3 nitrogen and oxygen atoms in total. The fourth-order valence-corrected chi connectivity index (χ4v) is 1.77. The number of aromatic nitrogens is 1. The van der Waals surface area contributed by atoms with Gasteiger partial charge in [-0.3, -0.25) is 4.98 Å². The van der Waals surface area contributed by atoms with Gasteiger partial charge in [-0.25, -0.2) is 4.39 Å². The Morgan fingerprint density at radius 2 is 2.38 bits per heavy atom. The van der Waals surface area contributed by atoms with Crippen molar-refractivity contribution in [1.29, 1.82) is 0 Å². The van der Waals surface area contributed by atoms with E-state index in [0.29, 0.717) is 0 Å². The Morgan fingerprint density at radius 1 is 1.50 bits per heavy atom. The van der Waals surface area contributed by atoms with Crippen molar-refractivity contribution in [2.24, 2.45) is 0 Å². The Morgan fingerprint density at radius 3 is 2.94 bits per heavy atom. The molecule has 0 radical (unpaired) electrons. The molecule has 0 amide bonds. The molecule has 1 unspecified atom stereocenters. The van der Waals surface area contributed by atoms with Gasteiger partial charge in [-0.1, -0.05) is 0 Å². The Balaban J connectivity index is 2.21. The van der Waals surface area contributed by atoms with Crippen molar-refractivity contribution in [3.63, 3.8) is 0 Å². The molecule has 0 bridgehead atoms. The third-order valence-electron chi connectivity index (χ3n) is 2.58. The monoisotopic (exact) mass is 222 g/mol. The first-order chi connectivity index (χ1) is 7.81. The molecule has 1 atom stereocenters. The highest BCUT2D eigenvalue weighted by Crippen LogP contribution is 2.24. The third-order valence-corrected chi connectivity index (χ3v) is 2.58. The number of nitrogens with zero attached hydrogens (tertiary/aromatic N) is 1. The van der Waals surface area contributed by atoms with Gasteiger partial charge in [0.25, 0.3) is 0 Å². The summed E-state index contributed by atoms with van der Waals surface area (Å²) >= 11 is 0. The molecule has 0 saturated carbocycles. The first kappa shape index (κ1) is 11.1. The summed E-state index contributed by atoms with van der Waals surface area (Å²) in [7, 11) is 1.84. The van der Waals surface area contributed by atoms with E-state index in [1.54, 1.807) is 6.07 Å². The summed E-state index contributed by atoms with van der Waals surface area (Å²) in [5.74, 6) is 0.560. The van der Waals surface area contributed by atoms with Crippen LogP contribution in [-0.2, 0) is 4.74 Å². The standard InChI is InChI=1S/C12H15FN2O/c1-14-12(11-4-2-3-7-16-11)10-6-5-9(13)8-15-10/h4-6,8,12,14H,2-3,7H2,1H3. The molecule has 4 heteroatoms. The first-order valence-electron chi connectivity index (χ1n) is 5.43. The predicted octanol–water partition coefficient (Wildman–Crippen LogP) is 2.18. The molecule has 1 aliphatic rings. The molecular formula is C12H15FN2O. The molecule has 1 N–H and O–H groups in total. The lowest BCUT2D eigenvalue weighted by Crippen LogP contribution is -2.23. The molecule has 0 aliphatic carbocycles. The maximum atomic E-state index is 12.8. The van der Waals surface area contributed by atoms with E-state index < -0.39 is 0 Å². The Hall–Kier alpha value is -1.42. The van der Waals surface area contributed by atoms with Crippen LogP contribution in [0.1, 0.15) is 24.6 Å². The lowest BCUT2D eigenvalue weighted by molar-refractivity contribution is 0.168. The summed E-state index contributed by atoms with van der Waals surface area (Å²) < 4.78 is 18.3. The maximum Gasteiger partial charge on any atom is 0.141 e. The quantitative estimate of drug-likeness (QED) is 0.851. The number of ether oxygens (including phenoxy) is 1. The van der Waals surface area contributed by atoms with Crippen molar-refractivity contribution >= 4 is 0 Å². The van der Waals surface area contributed by atoms with E-state index in [1.165, 1.54) is 12.3 Å².